The average Bonchev–Trinajstić information content (AvgIpc) is 2.74. The maximum Gasteiger partial charge on any atom is 0.317 e. The summed E-state index contributed by atoms with van der Waals surface area (Å²) in [7, 11) is -1.71. The van der Waals surface area contributed by atoms with Crippen molar-refractivity contribution in [1.82, 2.24) is 14.5 Å². The summed E-state index contributed by atoms with van der Waals surface area (Å²) in [6, 6.07) is 13.9. The van der Waals surface area contributed by atoms with Crippen LogP contribution in [0.25, 0.3) is 0 Å². The van der Waals surface area contributed by atoms with E-state index in [1.807, 2.05) is 12.1 Å². The van der Waals surface area contributed by atoms with Gasteiger partial charge in [-0.3, -0.25) is 0 Å². The molecule has 0 bridgehead atoms. The van der Waals surface area contributed by atoms with Crippen LogP contribution in [-0.4, -0.2) is 43.8 Å². The van der Waals surface area contributed by atoms with Gasteiger partial charge in [0.25, 0.3) is 0 Å². The Labute approximate surface area is 177 Å². The van der Waals surface area contributed by atoms with Gasteiger partial charge in [-0.2, -0.15) is 4.31 Å². The average molecular weight is 436 g/mol. The Morgan fingerprint density at radius 1 is 1.00 bits per heavy atom. The molecule has 0 unspecified atom stereocenters. The molecule has 2 aromatic rings. The highest BCUT2D eigenvalue weighted by molar-refractivity contribution is 7.89. The lowest BCUT2D eigenvalue weighted by molar-refractivity contribution is 0.206. The highest BCUT2D eigenvalue weighted by Crippen LogP contribution is 2.21. The van der Waals surface area contributed by atoms with Crippen molar-refractivity contribution in [3.05, 3.63) is 64.7 Å². The Morgan fingerprint density at radius 2 is 1.59 bits per heavy atom. The predicted octanol–water partition coefficient (Wildman–Crippen LogP) is 3.86. The second-order valence-corrected chi connectivity index (χ2v) is 9.62. The van der Waals surface area contributed by atoms with Gasteiger partial charge in [-0.05, 0) is 48.2 Å². The molecule has 2 aromatic carbocycles. The second kappa shape index (κ2) is 9.61. The van der Waals surface area contributed by atoms with Crippen molar-refractivity contribution in [2.75, 3.05) is 20.1 Å². The maximum atomic E-state index is 12.7. The number of rotatable bonds is 6. The van der Waals surface area contributed by atoms with Crippen molar-refractivity contribution in [3.8, 4) is 0 Å². The molecule has 8 heteroatoms. The summed E-state index contributed by atoms with van der Waals surface area (Å²) in [5.41, 5.74) is 1.83. The van der Waals surface area contributed by atoms with E-state index >= 15 is 0 Å². The monoisotopic (exact) mass is 435 g/mol. The summed E-state index contributed by atoms with van der Waals surface area (Å²) >= 11 is 5.88. The van der Waals surface area contributed by atoms with Crippen molar-refractivity contribution in [3.63, 3.8) is 0 Å². The molecule has 1 aliphatic heterocycles. The minimum absolute atomic E-state index is 0.204. The van der Waals surface area contributed by atoms with Crippen LogP contribution in [0.5, 0.6) is 0 Å². The summed E-state index contributed by atoms with van der Waals surface area (Å²) in [4.78, 5) is 14.2. The molecule has 0 saturated carbocycles. The molecule has 0 aliphatic carbocycles. The van der Waals surface area contributed by atoms with E-state index in [4.69, 9.17) is 11.6 Å². The maximum absolute atomic E-state index is 12.7. The minimum atomic E-state index is -3.43. The highest BCUT2D eigenvalue weighted by atomic mass is 35.5. The molecule has 1 fully saturated rings. The first-order valence-electron chi connectivity index (χ1n) is 9.69. The van der Waals surface area contributed by atoms with Crippen LogP contribution in [0, 0.1) is 0 Å². The number of hydrogen-bond donors (Lipinski definition) is 1. The van der Waals surface area contributed by atoms with E-state index in [2.05, 4.69) is 5.32 Å². The normalized spacial score (nSPS) is 15.1. The van der Waals surface area contributed by atoms with E-state index in [0.29, 0.717) is 36.1 Å². The molecular weight excluding hydrogens is 410 g/mol. The molecule has 1 saturated heterocycles. The zero-order valence-corrected chi connectivity index (χ0v) is 18.0. The molecule has 6 nitrogen and oxygen atoms in total. The molecule has 156 valence electrons. The zero-order chi connectivity index (χ0) is 20.9. The first kappa shape index (κ1) is 21.6. The summed E-state index contributed by atoms with van der Waals surface area (Å²) in [5, 5.41) is 3.51. The standard InChI is InChI=1S/C21H26ClN3O3S/c1-24(16-18-5-9-19(22)10-6-18)21(26)23-15-17-7-11-20(12-8-17)29(27,28)25-13-3-2-4-14-25/h5-12H,2-4,13-16H2,1H3,(H,23,26). The number of amides is 2. The Hall–Kier alpha value is -2.09. The number of carbonyl (C=O) groups excluding carboxylic acids is 1. The van der Waals surface area contributed by atoms with Gasteiger partial charge in [-0.1, -0.05) is 42.3 Å². The number of hydrogen-bond acceptors (Lipinski definition) is 3. The van der Waals surface area contributed by atoms with Crippen LogP contribution in [0.3, 0.4) is 0 Å². The van der Waals surface area contributed by atoms with Crippen molar-refractivity contribution in [1.29, 1.82) is 0 Å². The van der Waals surface area contributed by atoms with E-state index in [0.717, 1.165) is 30.4 Å². The van der Waals surface area contributed by atoms with Crippen molar-refractivity contribution < 1.29 is 13.2 Å². The fourth-order valence-corrected chi connectivity index (χ4v) is 4.92. The molecule has 3 rings (SSSR count). The lowest BCUT2D eigenvalue weighted by atomic mass is 10.2. The Bertz CT molecular complexity index is 925. The lowest BCUT2D eigenvalue weighted by Gasteiger charge is -2.25. The Balaban J connectivity index is 1.54. The van der Waals surface area contributed by atoms with Gasteiger partial charge in [0.05, 0.1) is 4.90 Å². The fourth-order valence-electron chi connectivity index (χ4n) is 3.28. The minimum Gasteiger partial charge on any atom is -0.334 e. The first-order valence-corrected chi connectivity index (χ1v) is 11.5. The van der Waals surface area contributed by atoms with Gasteiger partial charge in [0, 0.05) is 38.2 Å². The van der Waals surface area contributed by atoms with Crippen LogP contribution in [0.1, 0.15) is 30.4 Å². The van der Waals surface area contributed by atoms with Crippen LogP contribution in [-0.2, 0) is 23.1 Å². The third-order valence-corrected chi connectivity index (χ3v) is 7.16. The van der Waals surface area contributed by atoms with Gasteiger partial charge in [0.15, 0.2) is 0 Å². The zero-order valence-electron chi connectivity index (χ0n) is 16.5. The smallest absolute Gasteiger partial charge is 0.317 e. The van der Waals surface area contributed by atoms with E-state index in [1.54, 1.807) is 52.7 Å². The molecule has 0 spiro atoms. The number of nitrogens with zero attached hydrogens (tertiary/aromatic N) is 2. The molecule has 29 heavy (non-hydrogen) atoms. The molecular formula is C21H26ClN3O3S. The molecule has 1 aliphatic rings. The van der Waals surface area contributed by atoms with Gasteiger partial charge >= 0.3 is 6.03 Å². The summed E-state index contributed by atoms with van der Waals surface area (Å²) in [6.07, 6.45) is 2.90. The van der Waals surface area contributed by atoms with E-state index < -0.39 is 10.0 Å². The molecule has 0 radical (unpaired) electrons. The molecule has 2 amide bonds. The molecule has 0 aromatic heterocycles. The summed E-state index contributed by atoms with van der Waals surface area (Å²) in [6.45, 7) is 1.96. The van der Waals surface area contributed by atoms with Crippen LogP contribution in [0.2, 0.25) is 5.02 Å². The van der Waals surface area contributed by atoms with Crippen molar-refractivity contribution >= 4 is 27.7 Å². The van der Waals surface area contributed by atoms with E-state index in [-0.39, 0.29) is 6.03 Å². The summed E-state index contributed by atoms with van der Waals surface area (Å²) in [5.74, 6) is 0. The number of piperidine rings is 1. The summed E-state index contributed by atoms with van der Waals surface area (Å²) < 4.78 is 26.9. The van der Waals surface area contributed by atoms with Crippen molar-refractivity contribution in [2.45, 2.75) is 37.2 Å². The van der Waals surface area contributed by atoms with Crippen LogP contribution < -0.4 is 5.32 Å². The predicted molar refractivity (Wildman–Crippen MR) is 114 cm³/mol. The Morgan fingerprint density at radius 3 is 2.21 bits per heavy atom. The lowest BCUT2D eigenvalue weighted by Crippen LogP contribution is -2.36. The number of nitrogens with one attached hydrogen (secondary N) is 1. The third kappa shape index (κ3) is 5.72. The molecule has 1 heterocycles. The van der Waals surface area contributed by atoms with Crippen molar-refractivity contribution in [2.24, 2.45) is 0 Å². The van der Waals surface area contributed by atoms with Crippen LogP contribution in [0.4, 0.5) is 4.79 Å². The number of halogens is 1. The van der Waals surface area contributed by atoms with Crippen LogP contribution >= 0.6 is 11.6 Å². The SMILES string of the molecule is CN(Cc1ccc(Cl)cc1)C(=O)NCc1ccc(S(=O)(=O)N2CCCCC2)cc1. The van der Waals surface area contributed by atoms with Gasteiger partial charge in [-0.25, -0.2) is 13.2 Å². The van der Waals surface area contributed by atoms with Crippen LogP contribution in [0.15, 0.2) is 53.4 Å². The van der Waals surface area contributed by atoms with Gasteiger partial charge < -0.3 is 10.2 Å². The number of urea groups is 1. The molecule has 1 N–H and O–H groups in total. The first-order chi connectivity index (χ1) is 13.9. The largest absolute Gasteiger partial charge is 0.334 e. The second-order valence-electron chi connectivity index (χ2n) is 7.25. The number of benzene rings is 2. The third-order valence-electron chi connectivity index (χ3n) is 5.00. The number of sulfonamides is 1. The van der Waals surface area contributed by atoms with Gasteiger partial charge in [-0.15, -0.1) is 0 Å². The quantitative estimate of drug-likeness (QED) is 0.749. The van der Waals surface area contributed by atoms with Gasteiger partial charge in [0.2, 0.25) is 10.0 Å². The fraction of sp³-hybridized carbons (Fsp3) is 0.381. The Kier molecular flexibility index (Phi) is 7.16. The van der Waals surface area contributed by atoms with E-state index in [1.165, 1.54) is 0 Å². The molecule has 0 atom stereocenters. The highest BCUT2D eigenvalue weighted by Gasteiger charge is 2.25. The number of carbonyl (C=O) groups is 1. The topological polar surface area (TPSA) is 69.7 Å². The van der Waals surface area contributed by atoms with E-state index in [9.17, 15) is 13.2 Å². The van der Waals surface area contributed by atoms with Gasteiger partial charge in [0.1, 0.15) is 0 Å².